The summed E-state index contributed by atoms with van der Waals surface area (Å²) in [7, 11) is 1.94. The van der Waals surface area contributed by atoms with Gasteiger partial charge in [0.1, 0.15) is 11.5 Å². The third-order valence-electron chi connectivity index (χ3n) is 4.66. The number of anilines is 1. The van der Waals surface area contributed by atoms with Crippen LogP contribution in [0, 0.1) is 0 Å². The highest BCUT2D eigenvalue weighted by Gasteiger charge is 2.20. The van der Waals surface area contributed by atoms with Gasteiger partial charge < -0.3 is 9.64 Å². The summed E-state index contributed by atoms with van der Waals surface area (Å²) >= 11 is 0. The Morgan fingerprint density at radius 2 is 2.04 bits per heavy atom. The van der Waals surface area contributed by atoms with Gasteiger partial charge in [-0.15, -0.1) is 5.10 Å². The first-order valence-corrected chi connectivity index (χ1v) is 8.51. The van der Waals surface area contributed by atoms with Gasteiger partial charge >= 0.3 is 0 Å². The standard InChI is InChI=1S/C17H18N8O/c1-23-14(3-5-20-23)12-10-16(24-6-8-26-9-7-24)22-25-15(12)11-18-17(25)13-2-4-19-21-13/h2-5,10-11H,6-9H2,1H3,(H,19,21). The van der Waals surface area contributed by atoms with E-state index in [2.05, 4.69) is 31.2 Å². The molecule has 0 unspecified atom stereocenters. The van der Waals surface area contributed by atoms with E-state index in [1.165, 1.54) is 0 Å². The number of fused-ring (bicyclic) bond motifs is 1. The fourth-order valence-electron chi connectivity index (χ4n) is 3.32. The molecule has 4 aromatic heterocycles. The highest BCUT2D eigenvalue weighted by molar-refractivity contribution is 5.81. The lowest BCUT2D eigenvalue weighted by atomic mass is 10.1. The molecule has 0 bridgehead atoms. The number of hydrogen-bond donors (Lipinski definition) is 1. The van der Waals surface area contributed by atoms with Crippen LogP contribution in [0.4, 0.5) is 5.82 Å². The Morgan fingerprint density at radius 1 is 1.15 bits per heavy atom. The number of hydrogen-bond acceptors (Lipinski definition) is 6. The first-order chi connectivity index (χ1) is 12.8. The Labute approximate surface area is 149 Å². The summed E-state index contributed by atoms with van der Waals surface area (Å²) in [5, 5.41) is 16.2. The van der Waals surface area contributed by atoms with Crippen molar-refractivity contribution in [2.24, 2.45) is 7.05 Å². The minimum absolute atomic E-state index is 0.706. The molecule has 5 heterocycles. The number of morpholine rings is 1. The maximum atomic E-state index is 5.48. The average molecular weight is 350 g/mol. The molecular weight excluding hydrogens is 332 g/mol. The highest BCUT2D eigenvalue weighted by Crippen LogP contribution is 2.30. The molecule has 0 spiro atoms. The molecule has 9 heteroatoms. The van der Waals surface area contributed by atoms with Gasteiger partial charge in [0, 0.05) is 38.1 Å². The van der Waals surface area contributed by atoms with Crippen LogP contribution < -0.4 is 4.90 Å². The fourth-order valence-corrected chi connectivity index (χ4v) is 3.32. The number of aryl methyl sites for hydroxylation is 1. The van der Waals surface area contributed by atoms with E-state index in [0.29, 0.717) is 13.2 Å². The normalized spacial score (nSPS) is 15.0. The molecule has 5 rings (SSSR count). The molecule has 0 aliphatic carbocycles. The molecule has 0 saturated carbocycles. The minimum atomic E-state index is 0.706. The molecule has 26 heavy (non-hydrogen) atoms. The Balaban J connectivity index is 1.75. The molecule has 0 radical (unpaired) electrons. The molecule has 132 valence electrons. The van der Waals surface area contributed by atoms with Crippen LogP contribution in [-0.2, 0) is 11.8 Å². The molecule has 0 atom stereocenters. The second kappa shape index (κ2) is 5.95. The number of H-pyrrole nitrogens is 1. The van der Waals surface area contributed by atoms with Crippen LogP contribution in [-0.4, -0.2) is 60.9 Å². The van der Waals surface area contributed by atoms with Gasteiger partial charge in [0.2, 0.25) is 0 Å². The zero-order chi connectivity index (χ0) is 17.5. The Bertz CT molecular complexity index is 1040. The van der Waals surface area contributed by atoms with Crippen molar-refractivity contribution >= 4 is 11.3 Å². The van der Waals surface area contributed by atoms with Crippen LogP contribution >= 0.6 is 0 Å². The van der Waals surface area contributed by atoms with Gasteiger partial charge in [-0.25, -0.2) is 9.50 Å². The van der Waals surface area contributed by atoms with Crippen molar-refractivity contribution in [1.29, 1.82) is 0 Å². The monoisotopic (exact) mass is 350 g/mol. The van der Waals surface area contributed by atoms with Crippen LogP contribution in [0.2, 0.25) is 0 Å². The van der Waals surface area contributed by atoms with Gasteiger partial charge in [-0.1, -0.05) is 0 Å². The fraction of sp³-hybridized carbons (Fsp3) is 0.294. The molecule has 1 aliphatic heterocycles. The van der Waals surface area contributed by atoms with Gasteiger partial charge in [0.05, 0.1) is 30.6 Å². The number of aromatic nitrogens is 7. The number of rotatable bonds is 3. The molecule has 9 nitrogen and oxygen atoms in total. The summed E-state index contributed by atoms with van der Waals surface area (Å²) in [4.78, 5) is 6.82. The molecule has 1 fully saturated rings. The molecule has 1 aliphatic rings. The van der Waals surface area contributed by atoms with E-state index in [0.717, 1.165) is 47.2 Å². The molecule has 0 aromatic carbocycles. The number of nitrogens with one attached hydrogen (secondary N) is 1. The lowest BCUT2D eigenvalue weighted by Gasteiger charge is -2.28. The first kappa shape index (κ1) is 15.1. The third kappa shape index (κ3) is 2.36. The Morgan fingerprint density at radius 3 is 2.77 bits per heavy atom. The smallest absolute Gasteiger partial charge is 0.179 e. The van der Waals surface area contributed by atoms with E-state index in [-0.39, 0.29) is 0 Å². The second-order valence-corrected chi connectivity index (χ2v) is 6.20. The van der Waals surface area contributed by atoms with Crippen LogP contribution in [0.1, 0.15) is 0 Å². The predicted molar refractivity (Wildman–Crippen MR) is 95.8 cm³/mol. The van der Waals surface area contributed by atoms with E-state index in [4.69, 9.17) is 9.84 Å². The van der Waals surface area contributed by atoms with Gasteiger partial charge in [0.25, 0.3) is 0 Å². The SMILES string of the molecule is Cn1nccc1-c1cc(N2CCOCC2)nn2c(-c3ccn[nH]3)ncc12. The molecule has 0 amide bonds. The van der Waals surface area contributed by atoms with E-state index >= 15 is 0 Å². The third-order valence-corrected chi connectivity index (χ3v) is 4.66. The summed E-state index contributed by atoms with van der Waals surface area (Å²) in [5.74, 6) is 1.63. The van der Waals surface area contributed by atoms with Crippen molar-refractivity contribution in [3.8, 4) is 22.8 Å². The van der Waals surface area contributed by atoms with Crippen LogP contribution in [0.5, 0.6) is 0 Å². The lowest BCUT2D eigenvalue weighted by molar-refractivity contribution is 0.122. The summed E-state index contributed by atoms with van der Waals surface area (Å²) < 4.78 is 9.22. The van der Waals surface area contributed by atoms with Crippen molar-refractivity contribution in [3.05, 3.63) is 36.8 Å². The summed E-state index contributed by atoms with van der Waals surface area (Å²) in [6, 6.07) is 6.00. The molecule has 1 saturated heterocycles. The summed E-state index contributed by atoms with van der Waals surface area (Å²) in [6.07, 6.45) is 5.35. The number of nitrogens with zero attached hydrogens (tertiary/aromatic N) is 7. The van der Waals surface area contributed by atoms with Gasteiger partial charge in [-0.05, 0) is 18.2 Å². The highest BCUT2D eigenvalue weighted by atomic mass is 16.5. The van der Waals surface area contributed by atoms with E-state index in [1.54, 1.807) is 12.4 Å². The van der Waals surface area contributed by atoms with Gasteiger partial charge in [0.15, 0.2) is 5.82 Å². The van der Waals surface area contributed by atoms with Crippen LogP contribution in [0.3, 0.4) is 0 Å². The van der Waals surface area contributed by atoms with E-state index in [9.17, 15) is 0 Å². The van der Waals surface area contributed by atoms with Crippen molar-refractivity contribution in [3.63, 3.8) is 0 Å². The minimum Gasteiger partial charge on any atom is -0.378 e. The van der Waals surface area contributed by atoms with Crippen molar-refractivity contribution in [2.75, 3.05) is 31.2 Å². The summed E-state index contributed by atoms with van der Waals surface area (Å²) in [6.45, 7) is 3.05. The average Bonchev–Trinajstić information content (AvgIpc) is 3.41. The topological polar surface area (TPSA) is 89.2 Å². The van der Waals surface area contributed by atoms with Gasteiger partial charge in [-0.3, -0.25) is 9.78 Å². The van der Waals surface area contributed by atoms with Crippen molar-refractivity contribution in [1.82, 2.24) is 34.6 Å². The van der Waals surface area contributed by atoms with E-state index < -0.39 is 0 Å². The van der Waals surface area contributed by atoms with E-state index in [1.807, 2.05) is 34.6 Å². The summed E-state index contributed by atoms with van der Waals surface area (Å²) in [5.41, 5.74) is 3.81. The second-order valence-electron chi connectivity index (χ2n) is 6.20. The van der Waals surface area contributed by atoms with Gasteiger partial charge in [-0.2, -0.15) is 10.2 Å². The Hall–Kier alpha value is -3.20. The molecule has 1 N–H and O–H groups in total. The van der Waals surface area contributed by atoms with Crippen LogP contribution in [0.15, 0.2) is 36.8 Å². The number of imidazole rings is 1. The Kier molecular flexibility index (Phi) is 3.45. The van der Waals surface area contributed by atoms with Crippen molar-refractivity contribution in [2.45, 2.75) is 0 Å². The zero-order valence-electron chi connectivity index (χ0n) is 14.3. The predicted octanol–water partition coefficient (Wildman–Crippen LogP) is 1.36. The maximum Gasteiger partial charge on any atom is 0.179 e. The first-order valence-electron chi connectivity index (χ1n) is 8.51. The van der Waals surface area contributed by atoms with Crippen LogP contribution in [0.25, 0.3) is 28.3 Å². The number of aromatic amines is 1. The maximum absolute atomic E-state index is 5.48. The molecular formula is C17H18N8O. The zero-order valence-corrected chi connectivity index (χ0v) is 14.3. The number of ether oxygens (including phenoxy) is 1. The van der Waals surface area contributed by atoms with Crippen molar-refractivity contribution < 1.29 is 4.74 Å². The molecule has 4 aromatic rings. The lowest BCUT2D eigenvalue weighted by Crippen LogP contribution is -2.37. The quantitative estimate of drug-likeness (QED) is 0.600. The largest absolute Gasteiger partial charge is 0.378 e.